The summed E-state index contributed by atoms with van der Waals surface area (Å²) in [5, 5.41) is 8.57. The van der Waals surface area contributed by atoms with Crippen molar-refractivity contribution < 1.29 is 12.8 Å². The number of nitrogens with two attached hydrogens (primary N) is 1. The SMILES string of the molecule is CCCN(c1cc(CCC2CC2C)cc(-c2nnc([C@@](C)(N)Cc3ccccc3)o2)c1)S(C)(=O)=O. The Kier molecular flexibility index (Phi) is 7.33. The molecule has 1 fully saturated rings. The van der Waals surface area contributed by atoms with Crippen molar-refractivity contribution in [3.05, 3.63) is 65.5 Å². The molecule has 0 amide bonds. The summed E-state index contributed by atoms with van der Waals surface area (Å²) in [6, 6.07) is 15.8. The minimum Gasteiger partial charge on any atom is -0.419 e. The van der Waals surface area contributed by atoms with Crippen LogP contribution in [-0.2, 0) is 28.4 Å². The molecule has 7 nitrogen and oxygen atoms in total. The number of aromatic nitrogens is 2. The van der Waals surface area contributed by atoms with Gasteiger partial charge in [0.2, 0.25) is 21.8 Å². The predicted octanol–water partition coefficient (Wildman–Crippen LogP) is 4.92. The first kappa shape index (κ1) is 25.4. The van der Waals surface area contributed by atoms with Crippen LogP contribution in [0.4, 0.5) is 5.69 Å². The molecule has 2 N–H and O–H groups in total. The molecule has 1 aromatic heterocycles. The van der Waals surface area contributed by atoms with Crippen LogP contribution in [0.2, 0.25) is 0 Å². The Morgan fingerprint density at radius 1 is 1.14 bits per heavy atom. The summed E-state index contributed by atoms with van der Waals surface area (Å²) in [6.07, 6.45) is 5.74. The lowest BCUT2D eigenvalue weighted by atomic mass is 9.94. The maximum Gasteiger partial charge on any atom is 0.247 e. The zero-order valence-corrected chi connectivity index (χ0v) is 21.9. The fraction of sp³-hybridized carbons (Fsp3) is 0.481. The summed E-state index contributed by atoms with van der Waals surface area (Å²) < 4.78 is 32.7. The molecular weight excluding hydrogens is 460 g/mol. The smallest absolute Gasteiger partial charge is 0.247 e. The number of hydrogen-bond acceptors (Lipinski definition) is 6. The second kappa shape index (κ2) is 10.1. The predicted molar refractivity (Wildman–Crippen MR) is 139 cm³/mol. The van der Waals surface area contributed by atoms with Gasteiger partial charge in [-0.15, -0.1) is 10.2 Å². The third kappa shape index (κ3) is 6.30. The number of nitrogens with zero attached hydrogens (tertiary/aromatic N) is 3. The van der Waals surface area contributed by atoms with Crippen molar-refractivity contribution in [2.24, 2.45) is 17.6 Å². The first-order valence-corrected chi connectivity index (χ1v) is 14.2. The molecule has 3 atom stereocenters. The standard InChI is InChI=1S/C27H36N4O3S/c1-5-13-31(35(4,32)33)24-16-21(11-12-22-14-19(22)2)15-23(17-24)25-29-30-26(34-25)27(3,28)18-20-9-7-6-8-10-20/h6-10,15-17,19,22H,5,11-14,18,28H2,1-4H3/t19?,22?,27-/m0/s1. The number of hydrogen-bond donors (Lipinski definition) is 1. The number of rotatable bonds is 11. The highest BCUT2D eigenvalue weighted by atomic mass is 32.2. The zero-order chi connectivity index (χ0) is 25.2. The summed E-state index contributed by atoms with van der Waals surface area (Å²) in [5.41, 5.74) is 9.24. The van der Waals surface area contributed by atoms with Gasteiger partial charge in [-0.3, -0.25) is 4.31 Å². The van der Waals surface area contributed by atoms with Crippen LogP contribution in [0.15, 0.2) is 52.9 Å². The van der Waals surface area contributed by atoms with Crippen molar-refractivity contribution in [1.29, 1.82) is 0 Å². The molecule has 8 heteroatoms. The lowest BCUT2D eigenvalue weighted by Crippen LogP contribution is -2.35. The second-order valence-electron chi connectivity index (χ2n) is 10.2. The monoisotopic (exact) mass is 496 g/mol. The molecule has 0 radical (unpaired) electrons. The molecule has 0 bridgehead atoms. The third-order valence-corrected chi connectivity index (χ3v) is 7.94. The van der Waals surface area contributed by atoms with Gasteiger partial charge in [-0.25, -0.2) is 8.42 Å². The van der Waals surface area contributed by atoms with Gasteiger partial charge in [0.1, 0.15) is 0 Å². The van der Waals surface area contributed by atoms with E-state index in [4.69, 9.17) is 10.2 Å². The Morgan fingerprint density at radius 3 is 2.49 bits per heavy atom. The van der Waals surface area contributed by atoms with Crippen molar-refractivity contribution in [1.82, 2.24) is 10.2 Å². The Balaban J connectivity index is 1.67. The van der Waals surface area contributed by atoms with E-state index in [1.54, 1.807) is 0 Å². The molecule has 1 aliphatic carbocycles. The maximum atomic E-state index is 12.6. The third-order valence-electron chi connectivity index (χ3n) is 6.75. The van der Waals surface area contributed by atoms with E-state index in [1.807, 2.05) is 62.4 Å². The van der Waals surface area contributed by atoms with Crippen LogP contribution in [-0.4, -0.2) is 31.4 Å². The van der Waals surface area contributed by atoms with Crippen molar-refractivity contribution in [3.63, 3.8) is 0 Å². The molecular formula is C27H36N4O3S. The Labute approximate surface area is 208 Å². The van der Waals surface area contributed by atoms with Crippen LogP contribution in [0.3, 0.4) is 0 Å². The molecule has 3 aromatic rings. The van der Waals surface area contributed by atoms with Crippen LogP contribution in [0, 0.1) is 11.8 Å². The Bertz CT molecular complexity index is 1250. The van der Waals surface area contributed by atoms with Gasteiger partial charge in [0.05, 0.1) is 17.5 Å². The van der Waals surface area contributed by atoms with E-state index in [0.717, 1.165) is 35.8 Å². The highest BCUT2D eigenvalue weighted by molar-refractivity contribution is 7.92. The molecule has 0 aliphatic heterocycles. The lowest BCUT2D eigenvalue weighted by molar-refractivity contribution is 0.355. The highest BCUT2D eigenvalue weighted by Crippen LogP contribution is 2.41. The van der Waals surface area contributed by atoms with E-state index in [0.29, 0.717) is 42.4 Å². The quantitative estimate of drug-likeness (QED) is 0.404. The van der Waals surface area contributed by atoms with Gasteiger partial charge in [-0.05, 0) is 80.2 Å². The summed E-state index contributed by atoms with van der Waals surface area (Å²) >= 11 is 0. The van der Waals surface area contributed by atoms with E-state index in [-0.39, 0.29) is 0 Å². The first-order chi connectivity index (χ1) is 16.6. The normalized spacial score (nSPS) is 19.3. The molecule has 0 saturated heterocycles. The average molecular weight is 497 g/mol. The van der Waals surface area contributed by atoms with Crippen LogP contribution >= 0.6 is 0 Å². The Hall–Kier alpha value is -2.71. The Morgan fingerprint density at radius 2 is 1.86 bits per heavy atom. The van der Waals surface area contributed by atoms with E-state index < -0.39 is 15.6 Å². The van der Waals surface area contributed by atoms with Gasteiger partial charge in [-0.2, -0.15) is 0 Å². The number of aryl methyl sites for hydroxylation is 1. The summed E-state index contributed by atoms with van der Waals surface area (Å²) in [7, 11) is -3.43. The van der Waals surface area contributed by atoms with Crippen molar-refractivity contribution in [3.8, 4) is 11.5 Å². The van der Waals surface area contributed by atoms with Crippen LogP contribution in [0.5, 0.6) is 0 Å². The molecule has 188 valence electrons. The van der Waals surface area contributed by atoms with Crippen LogP contribution < -0.4 is 10.0 Å². The van der Waals surface area contributed by atoms with Gasteiger partial charge < -0.3 is 10.2 Å². The van der Waals surface area contributed by atoms with E-state index in [2.05, 4.69) is 17.1 Å². The molecule has 4 rings (SSSR count). The summed E-state index contributed by atoms with van der Waals surface area (Å²) in [6.45, 7) is 6.53. The molecule has 2 aromatic carbocycles. The van der Waals surface area contributed by atoms with E-state index >= 15 is 0 Å². The highest BCUT2D eigenvalue weighted by Gasteiger charge is 2.32. The van der Waals surface area contributed by atoms with Gasteiger partial charge in [0, 0.05) is 12.1 Å². The fourth-order valence-electron chi connectivity index (χ4n) is 4.59. The largest absolute Gasteiger partial charge is 0.419 e. The average Bonchev–Trinajstić information content (AvgIpc) is 3.28. The molecule has 1 aliphatic rings. The lowest BCUT2D eigenvalue weighted by Gasteiger charge is -2.23. The first-order valence-electron chi connectivity index (χ1n) is 12.4. The maximum absolute atomic E-state index is 12.6. The zero-order valence-electron chi connectivity index (χ0n) is 21.1. The van der Waals surface area contributed by atoms with Crippen LogP contribution in [0.1, 0.15) is 57.1 Å². The van der Waals surface area contributed by atoms with Crippen LogP contribution in [0.25, 0.3) is 11.5 Å². The molecule has 2 unspecified atom stereocenters. The topological polar surface area (TPSA) is 102 Å². The number of sulfonamides is 1. The van der Waals surface area contributed by atoms with Gasteiger partial charge in [0.25, 0.3) is 0 Å². The van der Waals surface area contributed by atoms with Gasteiger partial charge in [-0.1, -0.05) is 44.2 Å². The molecule has 1 heterocycles. The second-order valence-corrected chi connectivity index (χ2v) is 12.1. The number of anilines is 1. The van der Waals surface area contributed by atoms with Crippen molar-refractivity contribution in [2.75, 3.05) is 17.1 Å². The summed E-state index contributed by atoms with van der Waals surface area (Å²) in [5.74, 6) is 2.21. The fourth-order valence-corrected chi connectivity index (χ4v) is 5.60. The van der Waals surface area contributed by atoms with Crippen molar-refractivity contribution >= 4 is 15.7 Å². The molecule has 35 heavy (non-hydrogen) atoms. The van der Waals surface area contributed by atoms with Gasteiger partial charge >= 0.3 is 0 Å². The van der Waals surface area contributed by atoms with Gasteiger partial charge in [0.15, 0.2) is 0 Å². The van der Waals surface area contributed by atoms with E-state index in [1.165, 1.54) is 17.0 Å². The summed E-state index contributed by atoms with van der Waals surface area (Å²) in [4.78, 5) is 0. The minimum absolute atomic E-state index is 0.345. The molecule has 0 spiro atoms. The van der Waals surface area contributed by atoms with Crippen molar-refractivity contribution in [2.45, 2.75) is 58.4 Å². The molecule has 1 saturated carbocycles. The number of benzene rings is 2. The minimum atomic E-state index is -3.43. The van der Waals surface area contributed by atoms with E-state index in [9.17, 15) is 8.42 Å².